The molecule has 2 N–H and O–H groups in total. The quantitative estimate of drug-likeness (QED) is 0.464. The van der Waals surface area contributed by atoms with E-state index in [0.717, 1.165) is 30.6 Å². The molecule has 0 unspecified atom stereocenters. The van der Waals surface area contributed by atoms with Gasteiger partial charge in [0.05, 0.1) is 6.61 Å². The third kappa shape index (κ3) is 5.26. The molecule has 0 radical (unpaired) electrons. The molecule has 0 fully saturated rings. The first kappa shape index (κ1) is 14.8. The predicted molar refractivity (Wildman–Crippen MR) is 74.2 cm³/mol. The molecule has 0 aliphatic rings. The molecular formula is C15H18N2O2. The first-order valence-electron chi connectivity index (χ1n) is 6.32. The average molecular weight is 258 g/mol. The number of benzene rings is 1. The molecule has 19 heavy (non-hydrogen) atoms. The Bertz CT molecular complexity index is 484. The van der Waals surface area contributed by atoms with Gasteiger partial charge in [-0.25, -0.2) is 0 Å². The van der Waals surface area contributed by atoms with Crippen LogP contribution < -0.4 is 10.5 Å². The summed E-state index contributed by atoms with van der Waals surface area (Å²) in [5, 5.41) is 8.74. The van der Waals surface area contributed by atoms with Crippen molar-refractivity contribution >= 4 is 12.0 Å². The van der Waals surface area contributed by atoms with Gasteiger partial charge in [0.1, 0.15) is 17.4 Å². The minimum Gasteiger partial charge on any atom is -0.494 e. The zero-order valence-corrected chi connectivity index (χ0v) is 11.1. The number of carbonyl (C=O) groups excluding carboxylic acids is 1. The van der Waals surface area contributed by atoms with Gasteiger partial charge in [-0.1, -0.05) is 31.9 Å². The molecule has 0 aliphatic heterocycles. The lowest BCUT2D eigenvalue weighted by Crippen LogP contribution is -2.12. The molecule has 0 aromatic heterocycles. The zero-order valence-electron chi connectivity index (χ0n) is 11.1. The second kappa shape index (κ2) is 7.93. The summed E-state index contributed by atoms with van der Waals surface area (Å²) in [5.74, 6) is 0.0632. The van der Waals surface area contributed by atoms with E-state index in [2.05, 4.69) is 6.92 Å². The van der Waals surface area contributed by atoms with Crippen molar-refractivity contribution in [3.8, 4) is 11.8 Å². The van der Waals surface area contributed by atoms with E-state index < -0.39 is 5.91 Å². The molecule has 0 saturated heterocycles. The van der Waals surface area contributed by atoms with Gasteiger partial charge in [-0.05, 0) is 30.2 Å². The summed E-state index contributed by atoms with van der Waals surface area (Å²) in [6, 6.07) is 8.97. The largest absolute Gasteiger partial charge is 0.494 e. The zero-order chi connectivity index (χ0) is 14.1. The van der Waals surface area contributed by atoms with E-state index in [0.29, 0.717) is 6.61 Å². The van der Waals surface area contributed by atoms with Crippen molar-refractivity contribution in [3.63, 3.8) is 0 Å². The first-order valence-corrected chi connectivity index (χ1v) is 6.32. The molecule has 0 saturated carbocycles. The van der Waals surface area contributed by atoms with Crippen molar-refractivity contribution in [1.29, 1.82) is 5.26 Å². The minimum absolute atomic E-state index is 0.0587. The molecular weight excluding hydrogens is 240 g/mol. The fraction of sp³-hybridized carbons (Fsp3) is 0.333. The van der Waals surface area contributed by atoms with Crippen LogP contribution in [0.2, 0.25) is 0 Å². The van der Waals surface area contributed by atoms with Crippen LogP contribution in [0.15, 0.2) is 29.8 Å². The van der Waals surface area contributed by atoms with Gasteiger partial charge in [-0.3, -0.25) is 4.79 Å². The lowest BCUT2D eigenvalue weighted by Gasteiger charge is -2.05. The van der Waals surface area contributed by atoms with E-state index in [4.69, 9.17) is 15.7 Å². The number of hydrogen-bond donors (Lipinski definition) is 1. The van der Waals surface area contributed by atoms with Crippen LogP contribution in [-0.4, -0.2) is 12.5 Å². The summed E-state index contributed by atoms with van der Waals surface area (Å²) in [4.78, 5) is 10.9. The Kier molecular flexibility index (Phi) is 6.17. The number of rotatable bonds is 7. The molecule has 1 amide bonds. The molecule has 1 rings (SSSR count). The molecule has 0 aliphatic carbocycles. The van der Waals surface area contributed by atoms with E-state index >= 15 is 0 Å². The van der Waals surface area contributed by atoms with E-state index in [1.165, 1.54) is 6.08 Å². The van der Waals surface area contributed by atoms with Crippen LogP contribution in [0.25, 0.3) is 6.08 Å². The van der Waals surface area contributed by atoms with Gasteiger partial charge in [-0.15, -0.1) is 0 Å². The van der Waals surface area contributed by atoms with E-state index in [-0.39, 0.29) is 5.57 Å². The highest BCUT2D eigenvalue weighted by molar-refractivity contribution is 6.00. The summed E-state index contributed by atoms with van der Waals surface area (Å²) < 4.78 is 5.56. The number of nitrogens with two attached hydrogens (primary N) is 1. The maximum Gasteiger partial charge on any atom is 0.259 e. The minimum atomic E-state index is -0.720. The van der Waals surface area contributed by atoms with Gasteiger partial charge in [0.25, 0.3) is 5.91 Å². The van der Waals surface area contributed by atoms with Crippen LogP contribution in [0.3, 0.4) is 0 Å². The Balaban J connectivity index is 2.61. The first-order chi connectivity index (χ1) is 9.17. The van der Waals surface area contributed by atoms with Crippen molar-refractivity contribution in [2.75, 3.05) is 6.61 Å². The fourth-order valence-electron chi connectivity index (χ4n) is 1.53. The van der Waals surface area contributed by atoms with Gasteiger partial charge in [-0.2, -0.15) is 5.26 Å². The van der Waals surface area contributed by atoms with E-state index in [9.17, 15) is 4.79 Å². The van der Waals surface area contributed by atoms with E-state index in [1.54, 1.807) is 18.2 Å². The molecule has 0 spiro atoms. The second-order valence-electron chi connectivity index (χ2n) is 4.16. The van der Waals surface area contributed by atoms with Crippen LogP contribution in [0, 0.1) is 11.3 Å². The highest BCUT2D eigenvalue weighted by atomic mass is 16.5. The lowest BCUT2D eigenvalue weighted by atomic mass is 10.1. The Morgan fingerprint density at radius 2 is 2.05 bits per heavy atom. The number of ether oxygens (including phenoxy) is 1. The number of hydrogen-bond acceptors (Lipinski definition) is 3. The van der Waals surface area contributed by atoms with Gasteiger partial charge >= 0.3 is 0 Å². The summed E-state index contributed by atoms with van der Waals surface area (Å²) >= 11 is 0. The normalized spacial score (nSPS) is 10.8. The van der Waals surface area contributed by atoms with Gasteiger partial charge in [0.15, 0.2) is 0 Å². The van der Waals surface area contributed by atoms with Crippen LogP contribution in [0.1, 0.15) is 31.7 Å². The third-order valence-corrected chi connectivity index (χ3v) is 2.59. The van der Waals surface area contributed by atoms with Gasteiger partial charge in [0.2, 0.25) is 0 Å². The van der Waals surface area contributed by atoms with Crippen LogP contribution in [0.4, 0.5) is 0 Å². The number of nitriles is 1. The number of carbonyl (C=O) groups is 1. The van der Waals surface area contributed by atoms with E-state index in [1.807, 2.05) is 12.1 Å². The molecule has 0 bridgehead atoms. The summed E-state index contributed by atoms with van der Waals surface area (Å²) in [7, 11) is 0. The SMILES string of the molecule is CCCCCOc1ccc(/C=C(/C#N)C(N)=O)cc1. The maximum absolute atomic E-state index is 10.9. The molecule has 100 valence electrons. The molecule has 4 heteroatoms. The van der Waals surface area contributed by atoms with Crippen LogP contribution in [0.5, 0.6) is 5.75 Å². The van der Waals surface area contributed by atoms with Gasteiger partial charge < -0.3 is 10.5 Å². The highest BCUT2D eigenvalue weighted by Crippen LogP contribution is 2.15. The van der Waals surface area contributed by atoms with Crippen molar-refractivity contribution in [3.05, 3.63) is 35.4 Å². The predicted octanol–water partition coefficient (Wildman–Crippen LogP) is 2.65. The molecule has 0 atom stereocenters. The number of nitrogens with zero attached hydrogens (tertiary/aromatic N) is 1. The molecule has 1 aromatic carbocycles. The topological polar surface area (TPSA) is 76.1 Å². The molecule has 4 nitrogen and oxygen atoms in total. The van der Waals surface area contributed by atoms with Crippen LogP contribution in [-0.2, 0) is 4.79 Å². The third-order valence-electron chi connectivity index (χ3n) is 2.59. The number of unbranched alkanes of at least 4 members (excludes halogenated alkanes) is 2. The maximum atomic E-state index is 10.9. The summed E-state index contributed by atoms with van der Waals surface area (Å²) in [6.45, 7) is 2.85. The molecule has 0 heterocycles. The monoisotopic (exact) mass is 258 g/mol. The highest BCUT2D eigenvalue weighted by Gasteiger charge is 2.03. The Morgan fingerprint density at radius 3 is 2.58 bits per heavy atom. The fourth-order valence-corrected chi connectivity index (χ4v) is 1.53. The van der Waals surface area contributed by atoms with Crippen molar-refractivity contribution in [1.82, 2.24) is 0 Å². The Hall–Kier alpha value is -2.28. The summed E-state index contributed by atoms with van der Waals surface area (Å²) in [5.41, 5.74) is 5.75. The number of primary amides is 1. The summed E-state index contributed by atoms with van der Waals surface area (Å²) in [6.07, 6.45) is 4.82. The Morgan fingerprint density at radius 1 is 1.37 bits per heavy atom. The molecule has 1 aromatic rings. The standard InChI is InChI=1S/C15H18N2O2/c1-2-3-4-9-19-14-7-5-12(6-8-14)10-13(11-16)15(17)18/h5-8,10H,2-4,9H2,1H3,(H2,17,18)/b13-10-. The van der Waals surface area contributed by atoms with Crippen molar-refractivity contribution in [2.45, 2.75) is 26.2 Å². The number of amides is 1. The second-order valence-corrected chi connectivity index (χ2v) is 4.16. The average Bonchev–Trinajstić information content (AvgIpc) is 2.42. The Labute approximate surface area is 113 Å². The van der Waals surface area contributed by atoms with Gasteiger partial charge in [0, 0.05) is 0 Å². The van der Waals surface area contributed by atoms with Crippen molar-refractivity contribution < 1.29 is 9.53 Å². The van der Waals surface area contributed by atoms with Crippen molar-refractivity contribution in [2.24, 2.45) is 5.73 Å². The van der Waals surface area contributed by atoms with Crippen LogP contribution >= 0.6 is 0 Å². The smallest absolute Gasteiger partial charge is 0.259 e. The lowest BCUT2D eigenvalue weighted by molar-refractivity contribution is -0.114.